The first-order valence-electron chi connectivity index (χ1n) is 37.9. The maximum Gasteiger partial charge on any atom is 0.252 e. The maximum absolute atomic E-state index is 9.69. The Labute approximate surface area is 600 Å². The fourth-order valence-corrected chi connectivity index (χ4v) is 16.2. The third kappa shape index (κ3) is 10.2. The van der Waals surface area contributed by atoms with Crippen LogP contribution in [-0.2, 0) is 16.2 Å². The van der Waals surface area contributed by atoms with Crippen molar-refractivity contribution >= 4 is 101 Å². The summed E-state index contributed by atoms with van der Waals surface area (Å²) < 4.78 is 51.5. The van der Waals surface area contributed by atoms with Crippen molar-refractivity contribution in [1.29, 1.82) is 0 Å². The number of anilines is 6. The van der Waals surface area contributed by atoms with Gasteiger partial charge in [0.15, 0.2) is 0 Å². The van der Waals surface area contributed by atoms with Gasteiger partial charge in [-0.25, -0.2) is 0 Å². The molecule has 18 rings (SSSR count). The molecular weight excluding hydrogens is 1220 g/mol. The Hall–Kier alpha value is -11.7. The monoisotopic (exact) mass is 1300 g/mol. The van der Waals surface area contributed by atoms with E-state index in [0.717, 1.165) is 139 Å². The third-order valence-electron chi connectivity index (χ3n) is 21.2. The van der Waals surface area contributed by atoms with Crippen LogP contribution in [0.5, 0.6) is 0 Å². The van der Waals surface area contributed by atoms with E-state index in [1.165, 1.54) is 27.5 Å². The van der Waals surface area contributed by atoms with Crippen LogP contribution in [0, 0.1) is 0 Å². The Kier molecular flexibility index (Phi) is 13.1. The molecule has 0 unspecified atom stereocenters. The van der Waals surface area contributed by atoms with Gasteiger partial charge in [0.05, 0.1) is 40.3 Å². The number of fused-ring (bicyclic) bond motifs is 10. The maximum atomic E-state index is 9.69. The van der Waals surface area contributed by atoms with Gasteiger partial charge in [0, 0.05) is 72.4 Å². The van der Waals surface area contributed by atoms with Crippen LogP contribution in [-0.4, -0.2) is 15.8 Å². The lowest BCUT2D eigenvalue weighted by Crippen LogP contribution is -2.61. The smallest absolute Gasteiger partial charge is 0.252 e. The number of aromatic nitrogens is 2. The summed E-state index contributed by atoms with van der Waals surface area (Å²) in [6.07, 6.45) is 0. The number of hydrogen-bond donors (Lipinski definition) is 0. The van der Waals surface area contributed by atoms with Crippen molar-refractivity contribution in [3.63, 3.8) is 0 Å². The second-order valence-corrected chi connectivity index (χ2v) is 30.5. The van der Waals surface area contributed by atoms with E-state index in [2.05, 4.69) is 360 Å². The Morgan fingerprint density at radius 2 is 0.733 bits per heavy atom. The largest absolute Gasteiger partial charge is 0.310 e. The van der Waals surface area contributed by atoms with E-state index in [1.54, 1.807) is 0 Å². The highest BCUT2D eigenvalue weighted by molar-refractivity contribution is 7.00. The highest BCUT2D eigenvalue weighted by Crippen LogP contribution is 2.55. The van der Waals surface area contributed by atoms with Crippen LogP contribution >= 0.6 is 0 Å². The van der Waals surface area contributed by atoms with Gasteiger partial charge in [0.1, 0.15) is 0 Å². The molecular formula is C96H79BN4. The molecule has 14 aromatic carbocycles. The van der Waals surface area contributed by atoms with Crippen molar-refractivity contribution in [3.8, 4) is 67.0 Å². The van der Waals surface area contributed by atoms with Crippen molar-refractivity contribution in [2.24, 2.45) is 0 Å². The summed E-state index contributed by atoms with van der Waals surface area (Å²) in [5.41, 5.74) is 27.5. The number of benzene rings is 14. The average Bonchev–Trinajstić information content (AvgIpc) is 0.918. The summed E-state index contributed by atoms with van der Waals surface area (Å²) in [7, 11) is 0. The second kappa shape index (κ2) is 23.5. The SMILES string of the molecule is [2H]c1c([2H])c([2H])c(-c2ccc3c(c2)N(c2c(-c4ccccc4)ccc4c2c2ccccc2n4-c2ccccc2)c2cc(-c4cccc(C(C)(C)C)c4)cc4c2B3c2ccc(-n3c5ccc(C(C)(C)C)cc5c5cc(C(C)(C)C)ccc53)cc2N4c2c(-c3ccccc3)cccc2-c2ccccc2)c([2H])c1[2H]. The Morgan fingerprint density at radius 3 is 1.32 bits per heavy atom. The van der Waals surface area contributed by atoms with Crippen LogP contribution in [0.1, 0.15) is 85.9 Å². The molecule has 0 saturated heterocycles. The highest BCUT2D eigenvalue weighted by Gasteiger charge is 2.46. The van der Waals surface area contributed by atoms with Crippen LogP contribution in [0.3, 0.4) is 0 Å². The second-order valence-electron chi connectivity index (χ2n) is 30.5. The first kappa shape index (κ1) is 56.2. The minimum absolute atomic E-state index is 0.101. The normalized spacial score (nSPS) is 13.6. The molecule has 0 amide bonds. The quantitative estimate of drug-likeness (QED) is 0.134. The zero-order chi connectivity index (χ0) is 73.0. The molecule has 0 saturated carbocycles. The van der Waals surface area contributed by atoms with Crippen LogP contribution in [0.15, 0.2) is 315 Å². The summed E-state index contributed by atoms with van der Waals surface area (Å²) >= 11 is 0. The molecule has 486 valence electrons. The van der Waals surface area contributed by atoms with Crippen LogP contribution in [0.4, 0.5) is 34.1 Å². The molecule has 0 aliphatic carbocycles. The van der Waals surface area contributed by atoms with Gasteiger partial charge in [-0.05, 0) is 167 Å². The fraction of sp³-hybridized carbons (Fsp3) is 0.125. The lowest BCUT2D eigenvalue weighted by molar-refractivity contribution is 0.590. The van der Waals surface area contributed by atoms with Gasteiger partial charge >= 0.3 is 0 Å². The molecule has 2 aliphatic rings. The van der Waals surface area contributed by atoms with Crippen molar-refractivity contribution in [1.82, 2.24) is 9.13 Å². The molecule has 2 aliphatic heterocycles. The van der Waals surface area contributed by atoms with Crippen molar-refractivity contribution in [2.75, 3.05) is 9.80 Å². The van der Waals surface area contributed by atoms with Crippen LogP contribution in [0.25, 0.3) is 111 Å². The van der Waals surface area contributed by atoms with E-state index in [0.29, 0.717) is 5.56 Å². The molecule has 0 bridgehead atoms. The van der Waals surface area contributed by atoms with Gasteiger partial charge in [-0.3, -0.25) is 0 Å². The van der Waals surface area contributed by atoms with E-state index in [1.807, 2.05) is 6.07 Å². The molecule has 4 heterocycles. The molecule has 4 nitrogen and oxygen atoms in total. The summed E-state index contributed by atoms with van der Waals surface area (Å²) in [5.74, 6) is 0. The van der Waals surface area contributed by atoms with E-state index in [9.17, 15) is 5.48 Å². The molecule has 0 atom stereocenters. The molecule has 101 heavy (non-hydrogen) atoms. The number of hydrogen-bond acceptors (Lipinski definition) is 2. The third-order valence-corrected chi connectivity index (χ3v) is 21.2. The van der Waals surface area contributed by atoms with E-state index in [-0.39, 0.29) is 46.0 Å². The first-order valence-corrected chi connectivity index (χ1v) is 35.4. The fourth-order valence-electron chi connectivity index (χ4n) is 16.2. The van der Waals surface area contributed by atoms with E-state index in [4.69, 9.17) is 1.37 Å². The number of rotatable bonds is 9. The van der Waals surface area contributed by atoms with Gasteiger partial charge < -0.3 is 18.9 Å². The van der Waals surface area contributed by atoms with Gasteiger partial charge in [0.25, 0.3) is 6.71 Å². The summed E-state index contributed by atoms with van der Waals surface area (Å²) in [6.45, 7) is 20.2. The Balaban J connectivity index is 1.05. The topological polar surface area (TPSA) is 16.3 Å². The van der Waals surface area contributed by atoms with E-state index >= 15 is 0 Å². The van der Waals surface area contributed by atoms with Gasteiger partial charge in [-0.15, -0.1) is 0 Å². The van der Waals surface area contributed by atoms with Gasteiger partial charge in [0.2, 0.25) is 0 Å². The Morgan fingerprint density at radius 1 is 0.287 bits per heavy atom. The van der Waals surface area contributed by atoms with Crippen molar-refractivity contribution in [2.45, 2.75) is 78.6 Å². The van der Waals surface area contributed by atoms with Crippen molar-refractivity contribution in [3.05, 3.63) is 332 Å². The molecule has 0 radical (unpaired) electrons. The number of para-hydroxylation sites is 3. The molecule has 0 N–H and O–H groups in total. The molecule has 0 fully saturated rings. The molecule has 0 spiro atoms. The van der Waals surface area contributed by atoms with Crippen LogP contribution in [0.2, 0.25) is 0 Å². The van der Waals surface area contributed by atoms with Crippen LogP contribution < -0.4 is 26.2 Å². The summed E-state index contributed by atoms with van der Waals surface area (Å²) in [4.78, 5) is 5.12. The highest BCUT2D eigenvalue weighted by atomic mass is 15.2. The minimum atomic E-state index is -0.448. The van der Waals surface area contributed by atoms with E-state index < -0.39 is 12.8 Å². The zero-order valence-corrected chi connectivity index (χ0v) is 58.5. The lowest BCUT2D eigenvalue weighted by atomic mass is 9.33. The predicted octanol–water partition coefficient (Wildman–Crippen LogP) is 24.2. The molecule has 5 heteroatoms. The lowest BCUT2D eigenvalue weighted by Gasteiger charge is -2.46. The standard InChI is InChI=1S/C96H79BN4/c1-94(2,3)69-38-27-37-66(55-69)68-57-88-91-89(58-68)101(93-76(65-35-21-13-22-36-65)49-54-85-90(93)77-41-25-26-44-82(77)98(85)72-39-23-14-24-40-72)86-56-67(62-29-15-10-16-30-62)45-50-80(86)97(91)81-51-48-73(99-83-52-46-70(95(4,5)6)59-78(83)79-60-71(96(7,8)9)47-53-84(79)99)61-87(81)100(88)92-74(63-31-17-11-18-32-63)42-28-43-75(92)64-33-19-12-20-34-64/h10-61H,1-9H3/i10D,15D,16D,29D,30D. The molecule has 2 aromatic heterocycles. The number of nitrogens with zero attached hydrogens (tertiary/aromatic N) is 4. The average molecular weight is 1300 g/mol. The predicted molar refractivity (Wildman–Crippen MR) is 432 cm³/mol. The zero-order valence-electron chi connectivity index (χ0n) is 63.5. The van der Waals surface area contributed by atoms with Gasteiger partial charge in [-0.1, -0.05) is 299 Å². The first-order chi connectivity index (χ1) is 51.1. The van der Waals surface area contributed by atoms with Crippen molar-refractivity contribution < 1.29 is 6.85 Å². The Bertz CT molecular complexity index is 6120. The molecule has 16 aromatic rings. The summed E-state index contributed by atoms with van der Waals surface area (Å²) in [6, 6.07) is 103. The minimum Gasteiger partial charge on any atom is -0.310 e. The summed E-state index contributed by atoms with van der Waals surface area (Å²) in [5, 5.41) is 4.49. The van der Waals surface area contributed by atoms with Gasteiger partial charge in [-0.2, -0.15) is 0 Å².